The number of nitrogens with one attached hydrogen (secondary N) is 1. The van der Waals surface area contributed by atoms with Crippen molar-refractivity contribution in [3.63, 3.8) is 0 Å². The van der Waals surface area contributed by atoms with Crippen LogP contribution in [0, 0.1) is 0 Å². The number of fused-ring (bicyclic) bond motifs is 2. The Labute approximate surface area is 119 Å². The van der Waals surface area contributed by atoms with Gasteiger partial charge in [-0.3, -0.25) is 4.79 Å². The van der Waals surface area contributed by atoms with Crippen LogP contribution in [0.5, 0.6) is 0 Å². The first-order chi connectivity index (χ1) is 8.59. The summed E-state index contributed by atoms with van der Waals surface area (Å²) in [6.45, 7) is 0. The maximum atomic E-state index is 12.5. The highest BCUT2D eigenvalue weighted by atomic mass is 35.5. The Morgan fingerprint density at radius 2 is 1.78 bits per heavy atom. The van der Waals surface area contributed by atoms with Crippen molar-refractivity contribution < 1.29 is 0 Å². The van der Waals surface area contributed by atoms with Gasteiger partial charge in [-0.25, -0.2) is 0 Å². The average molecular weight is 303 g/mol. The number of aryl methyl sites for hydroxylation is 1. The van der Waals surface area contributed by atoms with Crippen LogP contribution in [-0.4, -0.2) is 4.98 Å². The zero-order valence-electron chi connectivity index (χ0n) is 9.45. The van der Waals surface area contributed by atoms with E-state index in [1.165, 1.54) is 0 Å². The van der Waals surface area contributed by atoms with Gasteiger partial charge in [-0.1, -0.05) is 34.8 Å². The van der Waals surface area contributed by atoms with Crippen LogP contribution in [0.25, 0.3) is 10.9 Å². The van der Waals surface area contributed by atoms with Crippen LogP contribution in [0.4, 0.5) is 0 Å². The summed E-state index contributed by atoms with van der Waals surface area (Å²) >= 11 is 18.2. The molecule has 2 nitrogen and oxygen atoms in total. The number of hydrogen-bond acceptors (Lipinski definition) is 1. The maximum absolute atomic E-state index is 12.5. The molecular formula is C13H10Cl3NO. The number of aromatic nitrogens is 1. The molecule has 0 bridgehead atoms. The van der Waals surface area contributed by atoms with Crippen LogP contribution >= 0.6 is 34.8 Å². The number of rotatable bonds is 0. The monoisotopic (exact) mass is 301 g/mol. The minimum absolute atomic E-state index is 0.0344. The van der Waals surface area contributed by atoms with E-state index in [-0.39, 0.29) is 10.5 Å². The minimum Gasteiger partial charge on any atom is -0.357 e. The zero-order chi connectivity index (χ0) is 12.9. The zero-order valence-corrected chi connectivity index (χ0v) is 11.7. The van der Waals surface area contributed by atoms with Crippen LogP contribution in [-0.2, 0) is 12.8 Å². The van der Waals surface area contributed by atoms with E-state index < -0.39 is 0 Å². The molecule has 0 radical (unpaired) electrons. The Kier molecular flexibility index (Phi) is 3.05. The molecule has 0 saturated heterocycles. The molecule has 0 saturated carbocycles. The number of pyridine rings is 1. The number of benzene rings is 1. The molecule has 1 aliphatic carbocycles. The molecule has 0 aliphatic heterocycles. The third-order valence-corrected chi connectivity index (χ3v) is 4.50. The van der Waals surface area contributed by atoms with E-state index in [2.05, 4.69) is 4.98 Å². The van der Waals surface area contributed by atoms with Gasteiger partial charge in [-0.15, -0.1) is 0 Å². The van der Waals surface area contributed by atoms with Gasteiger partial charge in [0.25, 0.3) is 0 Å². The summed E-state index contributed by atoms with van der Waals surface area (Å²) in [6.07, 6.45) is 3.80. The molecule has 1 N–H and O–H groups in total. The molecule has 5 heteroatoms. The fourth-order valence-electron chi connectivity index (χ4n) is 2.53. The van der Waals surface area contributed by atoms with Gasteiger partial charge in [0.1, 0.15) is 0 Å². The molecule has 0 fully saturated rings. The van der Waals surface area contributed by atoms with E-state index in [0.29, 0.717) is 20.9 Å². The maximum Gasteiger partial charge on any atom is 0.194 e. The van der Waals surface area contributed by atoms with Crippen molar-refractivity contribution in [2.24, 2.45) is 0 Å². The first kappa shape index (κ1) is 12.3. The molecule has 2 aromatic rings. The normalized spacial score (nSPS) is 14.8. The summed E-state index contributed by atoms with van der Waals surface area (Å²) < 4.78 is 0. The number of H-pyrrole nitrogens is 1. The molecule has 1 aromatic heterocycles. The molecule has 0 atom stereocenters. The van der Waals surface area contributed by atoms with Crippen molar-refractivity contribution in [3.05, 3.63) is 42.6 Å². The van der Waals surface area contributed by atoms with Gasteiger partial charge in [0.15, 0.2) is 5.43 Å². The van der Waals surface area contributed by atoms with Gasteiger partial charge in [0.2, 0.25) is 0 Å². The smallest absolute Gasteiger partial charge is 0.194 e. The fraction of sp³-hybridized carbons (Fsp3) is 0.308. The average Bonchev–Trinajstić information content (AvgIpc) is 2.36. The molecule has 1 aliphatic rings. The lowest BCUT2D eigenvalue weighted by Crippen LogP contribution is -2.18. The second-order valence-corrected chi connectivity index (χ2v) is 5.71. The SMILES string of the molecule is O=c1c2c([nH]c3c(Cl)cc(Cl)c(Cl)c13)CCCC2. The van der Waals surface area contributed by atoms with E-state index >= 15 is 0 Å². The third-order valence-electron chi connectivity index (χ3n) is 3.42. The highest BCUT2D eigenvalue weighted by Crippen LogP contribution is 2.34. The van der Waals surface area contributed by atoms with Gasteiger partial charge >= 0.3 is 0 Å². The quantitative estimate of drug-likeness (QED) is 0.720. The van der Waals surface area contributed by atoms with E-state index in [9.17, 15) is 4.79 Å². The van der Waals surface area contributed by atoms with Crippen molar-refractivity contribution in [1.82, 2.24) is 4.98 Å². The summed E-state index contributed by atoms with van der Waals surface area (Å²) in [5, 5.41) is 1.45. The third kappa shape index (κ3) is 1.75. The van der Waals surface area contributed by atoms with Crippen LogP contribution < -0.4 is 5.43 Å². The molecule has 3 rings (SSSR count). The Hall–Kier alpha value is -0.700. The predicted octanol–water partition coefficient (Wildman–Crippen LogP) is 4.37. The number of aromatic amines is 1. The lowest BCUT2D eigenvalue weighted by atomic mass is 9.94. The summed E-state index contributed by atoms with van der Waals surface area (Å²) in [4.78, 5) is 15.7. The largest absolute Gasteiger partial charge is 0.357 e. The predicted molar refractivity (Wildman–Crippen MR) is 76.2 cm³/mol. The lowest BCUT2D eigenvalue weighted by Gasteiger charge is -2.17. The molecule has 1 heterocycles. The van der Waals surface area contributed by atoms with Crippen molar-refractivity contribution >= 4 is 45.7 Å². The van der Waals surface area contributed by atoms with E-state index in [1.807, 2.05) is 0 Å². The highest BCUT2D eigenvalue weighted by molar-refractivity contribution is 6.47. The summed E-state index contributed by atoms with van der Waals surface area (Å²) in [6, 6.07) is 1.57. The van der Waals surface area contributed by atoms with E-state index in [4.69, 9.17) is 34.8 Å². The van der Waals surface area contributed by atoms with Crippen LogP contribution in [0.1, 0.15) is 24.1 Å². The minimum atomic E-state index is -0.0344. The first-order valence-electron chi connectivity index (χ1n) is 5.81. The standard InChI is InChI=1S/C13H10Cl3NO/c14-7-5-8(15)12-10(11(7)16)13(18)6-3-1-2-4-9(6)17-12/h5H,1-4H2,(H,17,18). The van der Waals surface area contributed by atoms with Crippen molar-refractivity contribution in [2.45, 2.75) is 25.7 Å². The van der Waals surface area contributed by atoms with Crippen LogP contribution in [0.3, 0.4) is 0 Å². The van der Waals surface area contributed by atoms with E-state index in [1.54, 1.807) is 6.07 Å². The van der Waals surface area contributed by atoms with E-state index in [0.717, 1.165) is 36.9 Å². The van der Waals surface area contributed by atoms with Gasteiger partial charge in [-0.2, -0.15) is 0 Å². The summed E-state index contributed by atoms with van der Waals surface area (Å²) in [7, 11) is 0. The van der Waals surface area contributed by atoms with Crippen molar-refractivity contribution in [1.29, 1.82) is 0 Å². The van der Waals surface area contributed by atoms with Crippen molar-refractivity contribution in [2.75, 3.05) is 0 Å². The molecule has 0 unspecified atom stereocenters. The topological polar surface area (TPSA) is 32.9 Å². The Bertz CT molecular complexity index is 706. The van der Waals surface area contributed by atoms with Crippen LogP contribution in [0.2, 0.25) is 15.1 Å². The second-order valence-electron chi connectivity index (χ2n) is 4.52. The molecule has 0 amide bonds. The Morgan fingerprint density at radius 3 is 2.56 bits per heavy atom. The van der Waals surface area contributed by atoms with Gasteiger partial charge in [-0.05, 0) is 31.7 Å². The van der Waals surface area contributed by atoms with Gasteiger partial charge < -0.3 is 4.98 Å². The molecule has 18 heavy (non-hydrogen) atoms. The van der Waals surface area contributed by atoms with Gasteiger partial charge in [0.05, 0.1) is 26.0 Å². The fourth-order valence-corrected chi connectivity index (χ4v) is 3.27. The molecule has 0 spiro atoms. The van der Waals surface area contributed by atoms with Gasteiger partial charge in [0, 0.05) is 11.3 Å². The highest BCUT2D eigenvalue weighted by Gasteiger charge is 2.19. The van der Waals surface area contributed by atoms with Crippen molar-refractivity contribution in [3.8, 4) is 0 Å². The second kappa shape index (κ2) is 4.44. The van der Waals surface area contributed by atoms with Crippen LogP contribution in [0.15, 0.2) is 10.9 Å². The Morgan fingerprint density at radius 1 is 1.06 bits per heavy atom. The first-order valence-corrected chi connectivity index (χ1v) is 6.94. The lowest BCUT2D eigenvalue weighted by molar-refractivity contribution is 0.668. The molecule has 1 aromatic carbocycles. The molecular weight excluding hydrogens is 293 g/mol. The Balaban J connectivity index is 2.50. The molecule has 94 valence electrons. The number of hydrogen-bond donors (Lipinski definition) is 1. The summed E-state index contributed by atoms with van der Waals surface area (Å²) in [5.74, 6) is 0. The summed E-state index contributed by atoms with van der Waals surface area (Å²) in [5.41, 5.74) is 2.37. The number of halogens is 3.